The first-order valence-corrected chi connectivity index (χ1v) is 13.5. The van der Waals surface area contributed by atoms with E-state index in [2.05, 4.69) is 6.55 Å². The van der Waals surface area contributed by atoms with Gasteiger partial charge < -0.3 is 9.16 Å². The topological polar surface area (TPSA) is 55.8 Å². The Hall–Kier alpha value is -3.22. The van der Waals surface area contributed by atoms with Crippen molar-refractivity contribution in [1.29, 1.82) is 0 Å². The van der Waals surface area contributed by atoms with E-state index in [9.17, 15) is 9.59 Å². The first-order chi connectivity index (χ1) is 15.7. The Balaban J connectivity index is 1.73. The largest absolute Gasteiger partial charge is 0.443 e. The quantitative estimate of drug-likeness (QED) is 0.422. The monoisotopic (exact) mass is 459 g/mol. The van der Waals surface area contributed by atoms with Crippen molar-refractivity contribution in [3.05, 3.63) is 96.6 Å². The van der Waals surface area contributed by atoms with Crippen LogP contribution in [-0.4, -0.2) is 36.9 Å². The highest BCUT2D eigenvalue weighted by atomic mass is 28.4. The summed E-state index contributed by atoms with van der Waals surface area (Å²) in [7, 11) is -2.76. The number of carbonyl (C=O) groups excluding carboxylic acids is 2. The Morgan fingerprint density at radius 2 is 1.27 bits per heavy atom. The maximum absolute atomic E-state index is 13.3. The third kappa shape index (κ3) is 4.63. The Morgan fingerprint density at radius 1 is 0.818 bits per heavy atom. The van der Waals surface area contributed by atoms with Gasteiger partial charge in [0.05, 0.1) is 0 Å². The zero-order chi connectivity index (χ0) is 23.6. The number of β-lactam (4-membered cyclic amide) rings is 1. The predicted molar refractivity (Wildman–Crippen MR) is 131 cm³/mol. The van der Waals surface area contributed by atoms with Crippen LogP contribution in [-0.2, 0) is 14.0 Å². The van der Waals surface area contributed by atoms with Crippen LogP contribution in [0.5, 0.6) is 0 Å². The summed E-state index contributed by atoms with van der Waals surface area (Å²) in [6.07, 6.45) is -1.43. The van der Waals surface area contributed by atoms with Crippen LogP contribution in [0.1, 0.15) is 32.4 Å². The number of hydrogen-bond donors (Lipinski definition) is 0. The first-order valence-electron chi connectivity index (χ1n) is 11.1. The zero-order valence-corrected chi connectivity index (χ0v) is 20.4. The van der Waals surface area contributed by atoms with Gasteiger partial charge in [-0.2, -0.15) is 0 Å². The summed E-state index contributed by atoms with van der Waals surface area (Å²) < 4.78 is 12.3. The van der Waals surface area contributed by atoms with Crippen molar-refractivity contribution in [3.63, 3.8) is 0 Å². The van der Waals surface area contributed by atoms with Crippen LogP contribution in [0.4, 0.5) is 4.79 Å². The normalized spacial score (nSPS) is 18.5. The summed E-state index contributed by atoms with van der Waals surface area (Å²) in [5, 5.41) is 2.12. The summed E-state index contributed by atoms with van der Waals surface area (Å²) in [5.74, 6) is -0.372. The highest BCUT2D eigenvalue weighted by Gasteiger charge is 2.56. The fourth-order valence-electron chi connectivity index (χ4n) is 4.14. The molecule has 33 heavy (non-hydrogen) atoms. The average molecular weight is 460 g/mol. The van der Waals surface area contributed by atoms with E-state index < -0.39 is 32.2 Å². The Morgan fingerprint density at radius 3 is 1.73 bits per heavy atom. The maximum Gasteiger partial charge on any atom is 0.417 e. The fourth-order valence-corrected chi connectivity index (χ4v) is 7.14. The molecule has 2 amide bonds. The van der Waals surface area contributed by atoms with Crippen molar-refractivity contribution in [3.8, 4) is 0 Å². The number of imide groups is 1. The summed E-state index contributed by atoms with van der Waals surface area (Å²) >= 11 is 0. The van der Waals surface area contributed by atoms with Crippen LogP contribution >= 0.6 is 0 Å². The molecule has 0 radical (unpaired) electrons. The van der Waals surface area contributed by atoms with E-state index in [1.807, 2.05) is 91.0 Å². The number of hydrogen-bond acceptors (Lipinski definition) is 4. The highest BCUT2D eigenvalue weighted by molar-refractivity contribution is 6.96. The van der Waals surface area contributed by atoms with Crippen LogP contribution in [0.3, 0.4) is 0 Å². The van der Waals surface area contributed by atoms with Crippen LogP contribution in [0.25, 0.3) is 0 Å². The van der Waals surface area contributed by atoms with Gasteiger partial charge >= 0.3 is 6.09 Å². The lowest BCUT2D eigenvalue weighted by atomic mass is 9.91. The summed E-state index contributed by atoms with van der Waals surface area (Å²) in [4.78, 5) is 27.5. The maximum atomic E-state index is 13.3. The van der Waals surface area contributed by atoms with Gasteiger partial charge in [-0.25, -0.2) is 9.69 Å². The Bertz CT molecular complexity index is 1070. The molecule has 0 aromatic heterocycles. The van der Waals surface area contributed by atoms with Gasteiger partial charge in [-0.15, -0.1) is 0 Å². The molecule has 1 aliphatic rings. The SMILES string of the molecule is CC(C)(C)OC(=O)N1C(=O)[C@H](O[Si](C)(c2ccccc2)c2ccccc2)[C@@H]1c1ccccc1. The molecule has 0 bridgehead atoms. The van der Waals surface area contributed by atoms with Gasteiger partial charge in [0, 0.05) is 0 Å². The van der Waals surface area contributed by atoms with Crippen molar-refractivity contribution in [2.45, 2.75) is 45.1 Å². The lowest BCUT2D eigenvalue weighted by Gasteiger charge is -2.48. The minimum Gasteiger partial charge on any atom is -0.443 e. The predicted octanol–water partition coefficient (Wildman–Crippen LogP) is 4.28. The van der Waals surface area contributed by atoms with Crippen LogP contribution in [0.15, 0.2) is 91.0 Å². The molecule has 0 unspecified atom stereocenters. The van der Waals surface area contributed by atoms with Gasteiger partial charge in [0.25, 0.3) is 14.2 Å². The van der Waals surface area contributed by atoms with E-state index in [1.54, 1.807) is 20.8 Å². The standard InChI is InChI=1S/C27H29NO4Si/c1-27(2,3)31-26(30)28-23(20-14-8-5-9-15-20)24(25(28)29)32-33(4,21-16-10-6-11-17-21)22-18-12-7-13-19-22/h5-19,23-24H,1-4H3/t23-,24+/m0/s1. The molecule has 0 spiro atoms. The van der Waals surface area contributed by atoms with Crippen LogP contribution in [0, 0.1) is 0 Å². The summed E-state index contributed by atoms with van der Waals surface area (Å²) in [5.41, 5.74) is 0.132. The average Bonchev–Trinajstić information content (AvgIpc) is 2.81. The van der Waals surface area contributed by atoms with Gasteiger partial charge in [-0.3, -0.25) is 4.79 Å². The molecule has 1 aliphatic heterocycles. The third-order valence-electron chi connectivity index (χ3n) is 5.79. The molecule has 3 aromatic rings. The van der Waals surface area contributed by atoms with E-state index in [-0.39, 0.29) is 5.91 Å². The van der Waals surface area contributed by atoms with Gasteiger partial charge in [0.1, 0.15) is 11.6 Å². The lowest BCUT2D eigenvalue weighted by molar-refractivity contribution is -0.161. The molecule has 6 heteroatoms. The molecule has 0 saturated carbocycles. The molecule has 4 rings (SSSR count). The first kappa shape index (κ1) is 23.0. The van der Waals surface area contributed by atoms with Gasteiger partial charge in [0.15, 0.2) is 6.10 Å². The minimum absolute atomic E-state index is 0.372. The van der Waals surface area contributed by atoms with Crippen LogP contribution < -0.4 is 10.4 Å². The fraction of sp³-hybridized carbons (Fsp3) is 0.259. The number of rotatable bonds is 5. The molecular formula is C27H29NO4Si. The van der Waals surface area contributed by atoms with Gasteiger partial charge in [-0.05, 0) is 43.3 Å². The van der Waals surface area contributed by atoms with Gasteiger partial charge in [0.2, 0.25) is 0 Å². The van der Waals surface area contributed by atoms with E-state index in [1.165, 1.54) is 4.90 Å². The molecule has 5 nitrogen and oxygen atoms in total. The second-order valence-electron chi connectivity index (χ2n) is 9.35. The molecule has 3 aromatic carbocycles. The number of benzene rings is 3. The Labute approximate surface area is 196 Å². The van der Waals surface area contributed by atoms with Crippen LogP contribution in [0.2, 0.25) is 6.55 Å². The van der Waals surface area contributed by atoms with Crippen molar-refractivity contribution < 1.29 is 18.8 Å². The van der Waals surface area contributed by atoms with Crippen molar-refractivity contribution >= 4 is 30.7 Å². The molecule has 1 heterocycles. The van der Waals surface area contributed by atoms with E-state index in [4.69, 9.17) is 9.16 Å². The van der Waals surface area contributed by atoms with Gasteiger partial charge in [-0.1, -0.05) is 91.0 Å². The van der Waals surface area contributed by atoms with Crippen molar-refractivity contribution in [2.24, 2.45) is 0 Å². The molecule has 1 saturated heterocycles. The number of carbonyl (C=O) groups is 2. The number of likely N-dealkylation sites (tertiary alicyclic amines) is 1. The molecule has 0 N–H and O–H groups in total. The number of ether oxygens (including phenoxy) is 1. The summed E-state index contributed by atoms with van der Waals surface area (Å²) in [6.45, 7) is 7.46. The molecule has 0 aliphatic carbocycles. The van der Waals surface area contributed by atoms with Crippen molar-refractivity contribution in [1.82, 2.24) is 4.90 Å². The molecule has 2 atom stereocenters. The second-order valence-corrected chi connectivity index (χ2v) is 12.8. The van der Waals surface area contributed by atoms with Crippen molar-refractivity contribution in [2.75, 3.05) is 0 Å². The van der Waals surface area contributed by atoms with E-state index in [0.29, 0.717) is 0 Å². The second kappa shape index (κ2) is 8.96. The number of amides is 2. The smallest absolute Gasteiger partial charge is 0.417 e. The molecule has 170 valence electrons. The lowest BCUT2D eigenvalue weighted by Crippen LogP contribution is -2.69. The summed E-state index contributed by atoms with van der Waals surface area (Å²) in [6, 6.07) is 29.0. The molecule has 1 fully saturated rings. The Kier molecular flexibility index (Phi) is 6.23. The molecular weight excluding hydrogens is 430 g/mol. The number of nitrogens with zero attached hydrogens (tertiary/aromatic N) is 1. The van der Waals surface area contributed by atoms with E-state index in [0.717, 1.165) is 15.9 Å². The highest BCUT2D eigenvalue weighted by Crippen LogP contribution is 2.39. The zero-order valence-electron chi connectivity index (χ0n) is 19.4. The third-order valence-corrected chi connectivity index (χ3v) is 9.38. The van der Waals surface area contributed by atoms with E-state index >= 15 is 0 Å². The minimum atomic E-state index is -2.76.